The Morgan fingerprint density at radius 2 is 1.96 bits per heavy atom. The van der Waals surface area contributed by atoms with Gasteiger partial charge in [0.05, 0.1) is 18.3 Å². The first-order valence-electron chi connectivity index (χ1n) is 8.83. The van der Waals surface area contributed by atoms with Crippen molar-refractivity contribution in [2.75, 3.05) is 0 Å². The van der Waals surface area contributed by atoms with Gasteiger partial charge in [0.25, 0.3) is 0 Å². The highest BCUT2D eigenvalue weighted by Crippen LogP contribution is 2.30. The molecule has 1 aromatic carbocycles. The molecule has 0 aromatic heterocycles. The van der Waals surface area contributed by atoms with E-state index < -0.39 is 11.9 Å². The summed E-state index contributed by atoms with van der Waals surface area (Å²) in [4.78, 5) is 0. The van der Waals surface area contributed by atoms with Gasteiger partial charge in [-0.2, -0.15) is 0 Å². The number of ether oxygens (including phenoxy) is 2. The second kappa shape index (κ2) is 9.16. The standard InChI is InChI=1S/C21H30O3/c1-4-9-18(22)12-8-13-19-16-20(24-21(2,3)23-19)15-14-17-10-6-5-7-11-17/h4-8,10-12,18-20,22H,1,9,13-16H2,2-3H3/b12-8+/t18-,19+,20+/m1/s1. The zero-order valence-electron chi connectivity index (χ0n) is 14.9. The van der Waals surface area contributed by atoms with E-state index in [9.17, 15) is 5.11 Å². The van der Waals surface area contributed by atoms with Crippen LogP contribution >= 0.6 is 0 Å². The van der Waals surface area contributed by atoms with Gasteiger partial charge in [-0.15, -0.1) is 6.58 Å². The average Bonchev–Trinajstić information content (AvgIpc) is 2.53. The van der Waals surface area contributed by atoms with E-state index in [4.69, 9.17) is 9.47 Å². The lowest BCUT2D eigenvalue weighted by atomic mass is 9.99. The van der Waals surface area contributed by atoms with Crippen LogP contribution in [0.15, 0.2) is 55.1 Å². The maximum Gasteiger partial charge on any atom is 0.163 e. The lowest BCUT2D eigenvalue weighted by Gasteiger charge is -2.40. The molecule has 0 unspecified atom stereocenters. The molecular weight excluding hydrogens is 300 g/mol. The molecule has 24 heavy (non-hydrogen) atoms. The number of aryl methyl sites for hydroxylation is 1. The first-order valence-corrected chi connectivity index (χ1v) is 8.83. The van der Waals surface area contributed by atoms with Crippen LogP contribution in [-0.4, -0.2) is 29.2 Å². The van der Waals surface area contributed by atoms with Crippen molar-refractivity contribution in [1.29, 1.82) is 0 Å². The van der Waals surface area contributed by atoms with Gasteiger partial charge in [-0.25, -0.2) is 0 Å². The summed E-state index contributed by atoms with van der Waals surface area (Å²) >= 11 is 0. The van der Waals surface area contributed by atoms with Crippen molar-refractivity contribution in [3.05, 3.63) is 60.7 Å². The number of hydrogen-bond acceptors (Lipinski definition) is 3. The number of hydrogen-bond donors (Lipinski definition) is 1. The van der Waals surface area contributed by atoms with Crippen LogP contribution in [0.5, 0.6) is 0 Å². The van der Waals surface area contributed by atoms with Crippen LogP contribution in [0, 0.1) is 0 Å². The van der Waals surface area contributed by atoms with Gasteiger partial charge in [-0.1, -0.05) is 48.6 Å². The van der Waals surface area contributed by atoms with E-state index >= 15 is 0 Å². The van der Waals surface area contributed by atoms with Gasteiger partial charge in [-0.05, 0) is 45.1 Å². The summed E-state index contributed by atoms with van der Waals surface area (Å²) in [5.74, 6) is -0.558. The van der Waals surface area contributed by atoms with Crippen LogP contribution in [-0.2, 0) is 15.9 Å². The quantitative estimate of drug-likeness (QED) is 0.717. The molecule has 3 atom stereocenters. The van der Waals surface area contributed by atoms with Crippen LogP contribution in [0.3, 0.4) is 0 Å². The van der Waals surface area contributed by atoms with Crippen LogP contribution in [0.4, 0.5) is 0 Å². The Labute approximate surface area is 146 Å². The summed E-state index contributed by atoms with van der Waals surface area (Å²) in [6, 6.07) is 10.5. The molecule has 1 aliphatic heterocycles. The van der Waals surface area contributed by atoms with Gasteiger partial charge in [0.1, 0.15) is 0 Å². The first-order chi connectivity index (χ1) is 11.5. The summed E-state index contributed by atoms with van der Waals surface area (Å²) in [6.45, 7) is 7.59. The highest BCUT2D eigenvalue weighted by molar-refractivity contribution is 5.14. The maximum absolute atomic E-state index is 9.72. The van der Waals surface area contributed by atoms with E-state index in [1.165, 1.54) is 5.56 Å². The molecule has 1 saturated heterocycles. The Kier molecular flexibility index (Phi) is 7.22. The predicted octanol–water partition coefficient (Wildman–Crippen LogP) is 4.41. The minimum Gasteiger partial charge on any atom is -0.389 e. The molecule has 0 saturated carbocycles. The van der Waals surface area contributed by atoms with Crippen LogP contribution < -0.4 is 0 Å². The van der Waals surface area contributed by atoms with Crippen molar-refractivity contribution < 1.29 is 14.6 Å². The Morgan fingerprint density at radius 1 is 1.25 bits per heavy atom. The van der Waals surface area contributed by atoms with Crippen molar-refractivity contribution in [3.8, 4) is 0 Å². The van der Waals surface area contributed by atoms with Gasteiger partial charge < -0.3 is 14.6 Å². The van der Waals surface area contributed by atoms with Crippen molar-refractivity contribution in [2.24, 2.45) is 0 Å². The van der Waals surface area contributed by atoms with Gasteiger partial charge in [0.15, 0.2) is 5.79 Å². The van der Waals surface area contributed by atoms with Gasteiger partial charge in [0, 0.05) is 6.42 Å². The Morgan fingerprint density at radius 3 is 2.67 bits per heavy atom. The number of aliphatic hydroxyl groups excluding tert-OH is 1. The molecule has 1 N–H and O–H groups in total. The minimum atomic E-state index is -0.558. The fourth-order valence-electron chi connectivity index (χ4n) is 3.15. The minimum absolute atomic E-state index is 0.127. The molecule has 0 spiro atoms. The number of benzene rings is 1. The lowest BCUT2D eigenvalue weighted by Crippen LogP contribution is -2.44. The molecule has 1 aliphatic rings. The number of rotatable bonds is 8. The molecular formula is C21H30O3. The van der Waals surface area contributed by atoms with Gasteiger partial charge in [0.2, 0.25) is 0 Å². The van der Waals surface area contributed by atoms with E-state index in [0.717, 1.165) is 25.7 Å². The molecule has 1 aromatic rings. The summed E-state index contributed by atoms with van der Waals surface area (Å²) in [7, 11) is 0. The lowest BCUT2D eigenvalue weighted by molar-refractivity contribution is -0.299. The molecule has 0 bridgehead atoms. The fourth-order valence-corrected chi connectivity index (χ4v) is 3.15. The third-order valence-corrected chi connectivity index (χ3v) is 4.19. The highest BCUT2D eigenvalue weighted by Gasteiger charge is 2.34. The van der Waals surface area contributed by atoms with E-state index in [-0.39, 0.29) is 12.2 Å². The zero-order valence-corrected chi connectivity index (χ0v) is 14.9. The van der Waals surface area contributed by atoms with E-state index in [1.54, 1.807) is 6.08 Å². The molecule has 132 valence electrons. The summed E-state index contributed by atoms with van der Waals surface area (Å²) in [5.41, 5.74) is 1.34. The zero-order chi connectivity index (χ0) is 17.4. The normalized spacial score (nSPS) is 24.8. The maximum atomic E-state index is 9.72. The summed E-state index contributed by atoms with van der Waals surface area (Å²) in [5, 5.41) is 9.72. The molecule has 0 radical (unpaired) electrons. The Balaban J connectivity index is 1.85. The van der Waals surface area contributed by atoms with Crippen molar-refractivity contribution in [3.63, 3.8) is 0 Å². The van der Waals surface area contributed by atoms with Crippen LogP contribution in [0.2, 0.25) is 0 Å². The monoisotopic (exact) mass is 330 g/mol. The second-order valence-electron chi connectivity index (χ2n) is 6.90. The SMILES string of the molecule is C=CC[C@@H](O)/C=C/C[C@H]1C[C@H](CCc2ccccc2)OC(C)(C)O1. The van der Waals surface area contributed by atoms with Crippen molar-refractivity contribution in [1.82, 2.24) is 0 Å². The third-order valence-electron chi connectivity index (χ3n) is 4.19. The molecule has 3 heteroatoms. The highest BCUT2D eigenvalue weighted by atomic mass is 16.7. The van der Waals surface area contributed by atoms with Gasteiger partial charge >= 0.3 is 0 Å². The molecule has 0 amide bonds. The largest absolute Gasteiger partial charge is 0.389 e. The van der Waals surface area contributed by atoms with E-state index in [2.05, 4.69) is 30.8 Å². The molecule has 1 fully saturated rings. The van der Waals surface area contributed by atoms with E-state index in [0.29, 0.717) is 6.42 Å². The topological polar surface area (TPSA) is 38.7 Å². The summed E-state index contributed by atoms with van der Waals surface area (Å²) < 4.78 is 12.1. The Hall–Kier alpha value is -1.42. The summed E-state index contributed by atoms with van der Waals surface area (Å²) in [6.07, 6.45) is 9.70. The van der Waals surface area contributed by atoms with Gasteiger partial charge in [-0.3, -0.25) is 0 Å². The molecule has 3 nitrogen and oxygen atoms in total. The first kappa shape index (κ1) is 18.9. The molecule has 0 aliphatic carbocycles. The van der Waals surface area contributed by atoms with Crippen LogP contribution in [0.1, 0.15) is 45.1 Å². The average molecular weight is 330 g/mol. The third kappa shape index (κ3) is 6.60. The Bertz CT molecular complexity index is 521. The fraction of sp³-hybridized carbons (Fsp3) is 0.524. The van der Waals surface area contributed by atoms with Crippen molar-refractivity contribution >= 4 is 0 Å². The van der Waals surface area contributed by atoms with Crippen molar-refractivity contribution in [2.45, 2.75) is 70.1 Å². The smallest absolute Gasteiger partial charge is 0.163 e. The predicted molar refractivity (Wildman–Crippen MR) is 97.8 cm³/mol. The number of aliphatic hydroxyl groups is 1. The van der Waals surface area contributed by atoms with E-state index in [1.807, 2.05) is 32.1 Å². The second-order valence-corrected chi connectivity index (χ2v) is 6.90. The van der Waals surface area contributed by atoms with Crippen LogP contribution in [0.25, 0.3) is 0 Å². The molecule has 2 rings (SSSR count). The molecule has 1 heterocycles.